The number of aliphatic hydroxyl groups is 1. The number of aliphatic hydroxyl groups excluding tert-OH is 1. The number of hydrogen-bond acceptors (Lipinski definition) is 3. The zero-order chi connectivity index (χ0) is 10.2. The number of rotatable bonds is 5. The average molecular weight is 220 g/mol. The van der Waals surface area contributed by atoms with Crippen LogP contribution in [-0.2, 0) is 10.2 Å². The van der Waals surface area contributed by atoms with E-state index in [0.29, 0.717) is 0 Å². The molecule has 0 heterocycles. The van der Waals surface area contributed by atoms with Crippen molar-refractivity contribution < 1.29 is 13.5 Å². The third-order valence-electron chi connectivity index (χ3n) is 2.86. The molecule has 2 fully saturated rings. The highest BCUT2D eigenvalue weighted by Gasteiger charge is 2.41. The summed E-state index contributed by atoms with van der Waals surface area (Å²) in [6.45, 7) is -0.113. The van der Waals surface area contributed by atoms with E-state index in [9.17, 15) is 8.42 Å². The minimum Gasteiger partial charge on any atom is -0.394 e. The third-order valence-corrected chi connectivity index (χ3v) is 4.21. The van der Waals surface area contributed by atoms with Crippen molar-refractivity contribution in [2.45, 2.75) is 43.7 Å². The van der Waals surface area contributed by atoms with Crippen molar-refractivity contribution in [3.8, 4) is 0 Å². The highest BCUT2D eigenvalue weighted by Crippen LogP contribution is 2.32. The monoisotopic (exact) mass is 220 g/mol. The summed E-state index contributed by atoms with van der Waals surface area (Å²) in [5.74, 6) is 0. The van der Waals surface area contributed by atoms with Gasteiger partial charge in [-0.25, -0.2) is 0 Å². The fourth-order valence-corrected chi connectivity index (χ4v) is 3.20. The van der Waals surface area contributed by atoms with Crippen LogP contribution in [0.15, 0.2) is 0 Å². The second-order valence-electron chi connectivity index (χ2n) is 4.29. The summed E-state index contributed by atoms with van der Waals surface area (Å²) in [6.07, 6.45) is 4.29. The van der Waals surface area contributed by atoms with Crippen molar-refractivity contribution in [2.24, 2.45) is 0 Å². The second-order valence-corrected chi connectivity index (χ2v) is 5.74. The van der Waals surface area contributed by atoms with E-state index in [0.717, 1.165) is 32.1 Å². The van der Waals surface area contributed by atoms with Gasteiger partial charge in [0.2, 0.25) is 0 Å². The Hall–Kier alpha value is -0.170. The molecule has 0 radical (unpaired) electrons. The molecule has 0 saturated heterocycles. The summed E-state index contributed by atoms with van der Waals surface area (Å²) in [4.78, 5) is 0. The molecule has 0 atom stereocenters. The SMILES string of the molecule is O=S(=O)(NC1CC1)NC1(CO)CCC1. The first-order valence-corrected chi connectivity index (χ1v) is 6.46. The molecule has 0 aromatic heterocycles. The van der Waals surface area contributed by atoms with Gasteiger partial charge in [-0.2, -0.15) is 17.9 Å². The van der Waals surface area contributed by atoms with Gasteiger partial charge in [-0.1, -0.05) is 0 Å². The molecule has 0 bridgehead atoms. The molecule has 6 heteroatoms. The van der Waals surface area contributed by atoms with E-state index in [1.54, 1.807) is 0 Å². The fourth-order valence-electron chi connectivity index (χ4n) is 1.63. The summed E-state index contributed by atoms with van der Waals surface area (Å²) in [6, 6.07) is 0.114. The van der Waals surface area contributed by atoms with Gasteiger partial charge in [0, 0.05) is 6.04 Å². The van der Waals surface area contributed by atoms with Crippen LogP contribution in [0.5, 0.6) is 0 Å². The van der Waals surface area contributed by atoms with Crippen LogP contribution in [0.1, 0.15) is 32.1 Å². The summed E-state index contributed by atoms with van der Waals surface area (Å²) in [5, 5.41) is 9.09. The molecule has 3 N–H and O–H groups in total. The van der Waals surface area contributed by atoms with Crippen molar-refractivity contribution in [1.82, 2.24) is 9.44 Å². The molecule has 0 spiro atoms. The van der Waals surface area contributed by atoms with Gasteiger partial charge < -0.3 is 5.11 Å². The van der Waals surface area contributed by atoms with Crippen LogP contribution in [0, 0.1) is 0 Å². The number of nitrogens with one attached hydrogen (secondary N) is 2. The van der Waals surface area contributed by atoms with Gasteiger partial charge in [-0.3, -0.25) is 0 Å². The molecule has 82 valence electrons. The predicted molar refractivity (Wildman–Crippen MR) is 51.9 cm³/mol. The standard InChI is InChI=1S/C8H16N2O3S/c11-6-8(4-1-5-8)10-14(12,13)9-7-2-3-7/h7,9-11H,1-6H2. The zero-order valence-electron chi connectivity index (χ0n) is 7.99. The molecule has 0 aliphatic heterocycles. The minimum absolute atomic E-state index is 0.113. The first-order chi connectivity index (χ1) is 6.55. The van der Waals surface area contributed by atoms with Crippen LogP contribution in [0.4, 0.5) is 0 Å². The quantitative estimate of drug-likeness (QED) is 0.584. The van der Waals surface area contributed by atoms with E-state index in [4.69, 9.17) is 5.11 Å². The minimum atomic E-state index is -3.41. The molecule has 0 aromatic rings. The maximum atomic E-state index is 11.5. The Labute approximate surface area is 84.1 Å². The van der Waals surface area contributed by atoms with Crippen LogP contribution in [0.3, 0.4) is 0 Å². The van der Waals surface area contributed by atoms with E-state index >= 15 is 0 Å². The van der Waals surface area contributed by atoms with Crippen LogP contribution in [0.25, 0.3) is 0 Å². The van der Waals surface area contributed by atoms with Crippen LogP contribution >= 0.6 is 0 Å². The molecule has 2 aliphatic rings. The molecule has 0 aromatic carbocycles. The van der Waals surface area contributed by atoms with Gasteiger partial charge in [0.15, 0.2) is 0 Å². The summed E-state index contributed by atoms with van der Waals surface area (Å²) in [5.41, 5.74) is -0.583. The Balaban J connectivity index is 1.93. The third kappa shape index (κ3) is 2.25. The van der Waals surface area contributed by atoms with E-state index in [2.05, 4.69) is 9.44 Å². The van der Waals surface area contributed by atoms with Gasteiger partial charge in [0.25, 0.3) is 10.2 Å². The van der Waals surface area contributed by atoms with Crippen molar-refractivity contribution in [1.29, 1.82) is 0 Å². The summed E-state index contributed by atoms with van der Waals surface area (Å²) in [7, 11) is -3.41. The van der Waals surface area contributed by atoms with E-state index in [1.807, 2.05) is 0 Å². The average Bonchev–Trinajstić information content (AvgIpc) is 2.80. The normalized spacial score (nSPS) is 25.8. The maximum Gasteiger partial charge on any atom is 0.277 e. The topological polar surface area (TPSA) is 78.4 Å². The molecule has 2 rings (SSSR count). The first kappa shape index (κ1) is 10.4. The Morgan fingerprint density at radius 3 is 2.36 bits per heavy atom. The maximum absolute atomic E-state index is 11.5. The van der Waals surface area contributed by atoms with Crippen molar-refractivity contribution in [2.75, 3.05) is 6.61 Å². The molecule has 0 amide bonds. The largest absolute Gasteiger partial charge is 0.394 e. The van der Waals surface area contributed by atoms with Gasteiger partial charge in [-0.15, -0.1) is 0 Å². The Kier molecular flexibility index (Phi) is 2.55. The second kappa shape index (κ2) is 3.44. The summed E-state index contributed by atoms with van der Waals surface area (Å²) < 4.78 is 28.1. The summed E-state index contributed by atoms with van der Waals surface area (Å²) >= 11 is 0. The molecule has 14 heavy (non-hydrogen) atoms. The number of hydrogen-bond donors (Lipinski definition) is 3. The Morgan fingerprint density at radius 1 is 1.36 bits per heavy atom. The van der Waals surface area contributed by atoms with Gasteiger partial charge >= 0.3 is 0 Å². The van der Waals surface area contributed by atoms with Crippen LogP contribution < -0.4 is 9.44 Å². The molecule has 5 nitrogen and oxygen atoms in total. The molecule has 2 saturated carbocycles. The highest BCUT2D eigenvalue weighted by atomic mass is 32.2. The van der Waals surface area contributed by atoms with Gasteiger partial charge in [0.1, 0.15) is 0 Å². The molecule has 0 unspecified atom stereocenters. The Morgan fingerprint density at radius 2 is 2.00 bits per heavy atom. The lowest BCUT2D eigenvalue weighted by Crippen LogP contribution is -2.58. The van der Waals surface area contributed by atoms with Gasteiger partial charge in [-0.05, 0) is 32.1 Å². The van der Waals surface area contributed by atoms with Gasteiger partial charge in [0.05, 0.1) is 12.1 Å². The van der Waals surface area contributed by atoms with E-state index in [-0.39, 0.29) is 12.6 Å². The zero-order valence-corrected chi connectivity index (χ0v) is 8.81. The van der Waals surface area contributed by atoms with Crippen LogP contribution in [-0.4, -0.2) is 31.7 Å². The predicted octanol–water partition coefficient (Wildman–Crippen LogP) is -0.512. The molecule has 2 aliphatic carbocycles. The Bertz CT molecular complexity index is 301. The lowest BCUT2D eigenvalue weighted by Gasteiger charge is -2.40. The van der Waals surface area contributed by atoms with Crippen molar-refractivity contribution in [3.05, 3.63) is 0 Å². The highest BCUT2D eigenvalue weighted by molar-refractivity contribution is 7.87. The van der Waals surface area contributed by atoms with E-state index in [1.165, 1.54) is 0 Å². The van der Waals surface area contributed by atoms with Crippen molar-refractivity contribution >= 4 is 10.2 Å². The van der Waals surface area contributed by atoms with Crippen molar-refractivity contribution in [3.63, 3.8) is 0 Å². The van der Waals surface area contributed by atoms with Crippen LogP contribution in [0.2, 0.25) is 0 Å². The fraction of sp³-hybridized carbons (Fsp3) is 1.00. The lowest BCUT2D eigenvalue weighted by atomic mass is 9.78. The molecular weight excluding hydrogens is 204 g/mol. The lowest BCUT2D eigenvalue weighted by molar-refractivity contribution is 0.110. The molecular formula is C8H16N2O3S. The van der Waals surface area contributed by atoms with E-state index < -0.39 is 15.7 Å². The smallest absolute Gasteiger partial charge is 0.277 e. The first-order valence-electron chi connectivity index (χ1n) is 4.97.